The van der Waals surface area contributed by atoms with Crippen LogP contribution in [0, 0.1) is 0 Å². The maximum absolute atomic E-state index is 10.7. The highest BCUT2D eigenvalue weighted by molar-refractivity contribution is 6.32. The molecule has 0 unspecified atom stereocenters. The number of rotatable bonds is 5. The Morgan fingerprint density at radius 2 is 2.11 bits per heavy atom. The van der Waals surface area contributed by atoms with Crippen molar-refractivity contribution < 1.29 is 19.4 Å². The quantitative estimate of drug-likeness (QED) is 0.901. The molecule has 0 spiro atoms. The lowest BCUT2D eigenvalue weighted by molar-refractivity contribution is -0.136. The van der Waals surface area contributed by atoms with Crippen molar-refractivity contribution in [2.45, 2.75) is 38.2 Å². The molecule has 2 rings (SSSR count). The number of carbonyl (C=O) groups is 1. The molecule has 0 bridgehead atoms. The summed E-state index contributed by atoms with van der Waals surface area (Å²) >= 11 is 6.18. The fraction of sp³-hybridized carbons (Fsp3) is 0.500. The normalized spacial score (nSPS) is 15.5. The van der Waals surface area contributed by atoms with Crippen molar-refractivity contribution in [3.63, 3.8) is 0 Å². The molecule has 5 heteroatoms. The first-order chi connectivity index (χ1) is 9.10. The third kappa shape index (κ3) is 3.53. The molecule has 1 aromatic rings. The molecule has 19 heavy (non-hydrogen) atoms. The molecular formula is C14H17ClO4. The Balaban J connectivity index is 2.23. The van der Waals surface area contributed by atoms with Crippen LogP contribution >= 0.6 is 11.6 Å². The highest BCUT2D eigenvalue weighted by Crippen LogP contribution is 2.39. The first-order valence-corrected chi connectivity index (χ1v) is 6.73. The van der Waals surface area contributed by atoms with Crippen LogP contribution in [0.25, 0.3) is 0 Å². The molecule has 0 heterocycles. The minimum atomic E-state index is -0.900. The molecule has 104 valence electrons. The van der Waals surface area contributed by atoms with Crippen LogP contribution in [0.4, 0.5) is 0 Å². The fourth-order valence-corrected chi connectivity index (χ4v) is 2.61. The summed E-state index contributed by atoms with van der Waals surface area (Å²) in [4.78, 5) is 10.7. The Labute approximate surface area is 117 Å². The first-order valence-electron chi connectivity index (χ1n) is 6.35. The molecule has 0 radical (unpaired) electrons. The lowest BCUT2D eigenvalue weighted by atomic mass is 10.1. The maximum Gasteiger partial charge on any atom is 0.307 e. The second-order valence-electron chi connectivity index (χ2n) is 4.70. The van der Waals surface area contributed by atoms with E-state index in [-0.39, 0.29) is 12.5 Å². The average Bonchev–Trinajstić information content (AvgIpc) is 2.84. The zero-order valence-electron chi connectivity index (χ0n) is 10.8. The molecule has 1 aliphatic rings. The number of carboxylic acid groups (broad SMARTS) is 1. The van der Waals surface area contributed by atoms with Crippen molar-refractivity contribution in [1.29, 1.82) is 0 Å². The number of methoxy groups -OCH3 is 1. The van der Waals surface area contributed by atoms with E-state index in [9.17, 15) is 4.79 Å². The third-order valence-corrected chi connectivity index (χ3v) is 3.51. The predicted octanol–water partition coefficient (Wildman–Crippen LogP) is 3.30. The molecule has 0 atom stereocenters. The summed E-state index contributed by atoms with van der Waals surface area (Å²) in [6, 6.07) is 3.30. The van der Waals surface area contributed by atoms with E-state index in [0.29, 0.717) is 22.1 Å². The van der Waals surface area contributed by atoms with E-state index >= 15 is 0 Å². The van der Waals surface area contributed by atoms with Crippen LogP contribution in [0.5, 0.6) is 11.5 Å². The van der Waals surface area contributed by atoms with Gasteiger partial charge in [-0.1, -0.05) is 11.6 Å². The second-order valence-corrected chi connectivity index (χ2v) is 5.11. The molecule has 0 amide bonds. The van der Waals surface area contributed by atoms with Gasteiger partial charge in [-0.2, -0.15) is 0 Å². The highest BCUT2D eigenvalue weighted by atomic mass is 35.5. The monoisotopic (exact) mass is 284 g/mol. The number of carboxylic acids is 1. The topological polar surface area (TPSA) is 55.8 Å². The van der Waals surface area contributed by atoms with Gasteiger partial charge in [0.1, 0.15) is 0 Å². The predicted molar refractivity (Wildman–Crippen MR) is 72.2 cm³/mol. The summed E-state index contributed by atoms with van der Waals surface area (Å²) in [6.07, 6.45) is 4.48. The van der Waals surface area contributed by atoms with Crippen LogP contribution in [0.3, 0.4) is 0 Å². The van der Waals surface area contributed by atoms with Gasteiger partial charge in [-0.15, -0.1) is 0 Å². The molecule has 0 aromatic heterocycles. The Morgan fingerprint density at radius 1 is 1.42 bits per heavy atom. The molecule has 1 saturated carbocycles. The second kappa shape index (κ2) is 6.15. The summed E-state index contributed by atoms with van der Waals surface area (Å²) < 4.78 is 11.1. The molecule has 1 N–H and O–H groups in total. The SMILES string of the molecule is COc1cc(CC(=O)O)cc(Cl)c1OC1CCCC1. The first kappa shape index (κ1) is 14.0. The summed E-state index contributed by atoms with van der Waals surface area (Å²) in [6.45, 7) is 0. The Bertz CT molecular complexity index is 467. The smallest absolute Gasteiger partial charge is 0.307 e. The van der Waals surface area contributed by atoms with Crippen LogP contribution in [-0.2, 0) is 11.2 Å². The van der Waals surface area contributed by atoms with Crippen molar-refractivity contribution in [2.24, 2.45) is 0 Å². The zero-order valence-corrected chi connectivity index (χ0v) is 11.6. The van der Waals surface area contributed by atoms with E-state index in [4.69, 9.17) is 26.2 Å². The number of halogens is 1. The molecule has 1 fully saturated rings. The van der Waals surface area contributed by atoms with E-state index in [2.05, 4.69) is 0 Å². The standard InChI is InChI=1S/C14H17ClO4/c1-18-12-7-9(8-13(16)17)6-11(15)14(12)19-10-4-2-3-5-10/h6-7,10H,2-5,8H2,1H3,(H,16,17). The van der Waals surface area contributed by atoms with Crippen molar-refractivity contribution in [3.05, 3.63) is 22.7 Å². The van der Waals surface area contributed by atoms with Crippen LogP contribution in [0.2, 0.25) is 5.02 Å². The molecule has 1 aromatic carbocycles. The number of hydrogen-bond donors (Lipinski definition) is 1. The van der Waals surface area contributed by atoms with Crippen molar-refractivity contribution in [1.82, 2.24) is 0 Å². The highest BCUT2D eigenvalue weighted by Gasteiger charge is 2.21. The lowest BCUT2D eigenvalue weighted by Crippen LogP contribution is -2.12. The molecular weight excluding hydrogens is 268 g/mol. The van der Waals surface area contributed by atoms with E-state index in [1.54, 1.807) is 12.1 Å². The van der Waals surface area contributed by atoms with Crippen molar-refractivity contribution in [2.75, 3.05) is 7.11 Å². The van der Waals surface area contributed by atoms with Crippen LogP contribution in [0.1, 0.15) is 31.2 Å². The van der Waals surface area contributed by atoms with Crippen molar-refractivity contribution in [3.8, 4) is 11.5 Å². The van der Waals surface area contributed by atoms with Gasteiger partial charge in [-0.05, 0) is 43.4 Å². The minimum Gasteiger partial charge on any atom is -0.493 e. The molecule has 1 aliphatic carbocycles. The average molecular weight is 285 g/mol. The summed E-state index contributed by atoms with van der Waals surface area (Å²) in [5, 5.41) is 9.21. The van der Waals surface area contributed by atoms with Crippen molar-refractivity contribution >= 4 is 17.6 Å². The van der Waals surface area contributed by atoms with Gasteiger partial charge < -0.3 is 14.6 Å². The van der Waals surface area contributed by atoms with E-state index < -0.39 is 5.97 Å². The number of hydrogen-bond acceptors (Lipinski definition) is 3. The van der Waals surface area contributed by atoms with E-state index in [1.807, 2.05) is 0 Å². The van der Waals surface area contributed by atoms with Gasteiger partial charge in [0.25, 0.3) is 0 Å². The van der Waals surface area contributed by atoms with Gasteiger partial charge in [0.15, 0.2) is 11.5 Å². The Morgan fingerprint density at radius 3 is 2.68 bits per heavy atom. The third-order valence-electron chi connectivity index (χ3n) is 3.23. The van der Waals surface area contributed by atoms with Gasteiger partial charge >= 0.3 is 5.97 Å². The largest absolute Gasteiger partial charge is 0.493 e. The van der Waals surface area contributed by atoms with Gasteiger partial charge in [-0.3, -0.25) is 4.79 Å². The summed E-state index contributed by atoms with van der Waals surface area (Å²) in [5.74, 6) is 0.114. The van der Waals surface area contributed by atoms with Gasteiger partial charge in [0, 0.05) is 0 Å². The van der Waals surface area contributed by atoms with Gasteiger partial charge in [-0.25, -0.2) is 0 Å². The zero-order chi connectivity index (χ0) is 13.8. The van der Waals surface area contributed by atoms with E-state index in [1.165, 1.54) is 20.0 Å². The van der Waals surface area contributed by atoms with Crippen LogP contribution in [0.15, 0.2) is 12.1 Å². The summed E-state index contributed by atoms with van der Waals surface area (Å²) in [7, 11) is 1.53. The fourth-order valence-electron chi connectivity index (χ4n) is 2.34. The molecule has 4 nitrogen and oxygen atoms in total. The van der Waals surface area contributed by atoms with Gasteiger partial charge in [0.05, 0.1) is 24.7 Å². The maximum atomic E-state index is 10.7. The Kier molecular flexibility index (Phi) is 4.53. The van der Waals surface area contributed by atoms with Gasteiger partial charge in [0.2, 0.25) is 0 Å². The van der Waals surface area contributed by atoms with E-state index in [0.717, 1.165) is 12.8 Å². The Hall–Kier alpha value is -1.42. The number of ether oxygens (including phenoxy) is 2. The van der Waals surface area contributed by atoms with Crippen LogP contribution < -0.4 is 9.47 Å². The lowest BCUT2D eigenvalue weighted by Gasteiger charge is -2.18. The van der Waals surface area contributed by atoms with Crippen LogP contribution in [-0.4, -0.2) is 24.3 Å². The molecule has 0 saturated heterocycles. The minimum absolute atomic E-state index is 0.0835. The molecule has 0 aliphatic heterocycles. The summed E-state index contributed by atoms with van der Waals surface area (Å²) in [5.41, 5.74) is 0.605. The number of aliphatic carboxylic acids is 1. The number of benzene rings is 1.